The monoisotopic (exact) mass is 475 g/mol. The number of carbonyl (C=O) groups excluding carboxylic acids is 3. The molecule has 3 aromatic carbocycles. The van der Waals surface area contributed by atoms with Crippen LogP contribution in [0.1, 0.15) is 39.9 Å². The van der Waals surface area contributed by atoms with Gasteiger partial charge in [0, 0.05) is 12.8 Å². The fourth-order valence-corrected chi connectivity index (χ4v) is 3.95. The Hall–Kier alpha value is -4.17. The highest BCUT2D eigenvalue weighted by atomic mass is 16.7. The largest absolute Gasteiger partial charge is 0.497 e. The van der Waals surface area contributed by atoms with E-state index in [0.717, 1.165) is 5.06 Å². The average molecular weight is 475 g/mol. The molecule has 0 aliphatic carbocycles. The van der Waals surface area contributed by atoms with E-state index in [4.69, 9.17) is 14.3 Å². The maximum absolute atomic E-state index is 12.6. The van der Waals surface area contributed by atoms with E-state index in [-0.39, 0.29) is 30.7 Å². The maximum atomic E-state index is 12.6. The molecule has 1 fully saturated rings. The standard InChI is InChI=1S/C27H25NO7/c1-33-23-12-7-20(8-13-23)27(32,21-9-14-24(34-2)15-10-21)19-5-3-18(4-6-19)26(31)35-28-17-22(29)11-16-25(28)30/h3-10,12-15,32H,11,16-17H2,1-2H3. The van der Waals surface area contributed by atoms with Crippen molar-refractivity contribution in [1.82, 2.24) is 5.06 Å². The van der Waals surface area contributed by atoms with Gasteiger partial charge in [0.15, 0.2) is 5.78 Å². The SMILES string of the molecule is COc1ccc(C(O)(c2ccc(OC)cc2)c2ccc(C(=O)ON3CC(=O)CCC3=O)cc2)cc1. The van der Waals surface area contributed by atoms with Crippen LogP contribution in [0, 0.1) is 0 Å². The van der Waals surface area contributed by atoms with Gasteiger partial charge >= 0.3 is 5.97 Å². The quantitative estimate of drug-likeness (QED) is 0.524. The minimum absolute atomic E-state index is 0.0157. The fraction of sp³-hybridized carbons (Fsp3) is 0.222. The Morgan fingerprint density at radius 3 is 1.69 bits per heavy atom. The third kappa shape index (κ3) is 4.88. The van der Waals surface area contributed by atoms with Crippen LogP contribution in [0.2, 0.25) is 0 Å². The lowest BCUT2D eigenvalue weighted by atomic mass is 9.80. The molecule has 8 nitrogen and oxygen atoms in total. The molecule has 180 valence electrons. The molecule has 3 aromatic rings. The van der Waals surface area contributed by atoms with Gasteiger partial charge in [-0.05, 0) is 53.1 Å². The van der Waals surface area contributed by atoms with Gasteiger partial charge in [-0.3, -0.25) is 9.59 Å². The minimum Gasteiger partial charge on any atom is -0.497 e. The number of nitrogens with zero attached hydrogens (tertiary/aromatic N) is 1. The number of rotatable bonds is 7. The molecule has 1 heterocycles. The molecule has 0 spiro atoms. The molecule has 1 aliphatic rings. The lowest BCUT2D eigenvalue weighted by Gasteiger charge is -2.30. The number of carbonyl (C=O) groups is 3. The smallest absolute Gasteiger partial charge is 0.363 e. The van der Waals surface area contributed by atoms with Crippen LogP contribution < -0.4 is 9.47 Å². The molecule has 4 rings (SSSR count). The van der Waals surface area contributed by atoms with E-state index in [1.807, 2.05) is 0 Å². The Morgan fingerprint density at radius 1 is 0.771 bits per heavy atom. The van der Waals surface area contributed by atoms with Crippen molar-refractivity contribution in [3.63, 3.8) is 0 Å². The van der Waals surface area contributed by atoms with E-state index in [0.29, 0.717) is 28.2 Å². The maximum Gasteiger partial charge on any atom is 0.363 e. The average Bonchev–Trinajstić information content (AvgIpc) is 2.90. The van der Waals surface area contributed by atoms with Gasteiger partial charge in [-0.2, -0.15) is 5.06 Å². The summed E-state index contributed by atoms with van der Waals surface area (Å²) in [5.74, 6) is -0.0545. The number of aliphatic hydroxyl groups is 1. The van der Waals surface area contributed by atoms with Gasteiger partial charge in [0.1, 0.15) is 23.6 Å². The van der Waals surface area contributed by atoms with E-state index in [9.17, 15) is 19.5 Å². The zero-order valence-corrected chi connectivity index (χ0v) is 19.4. The van der Waals surface area contributed by atoms with Crippen LogP contribution >= 0.6 is 0 Å². The van der Waals surface area contributed by atoms with Crippen molar-refractivity contribution in [2.45, 2.75) is 18.4 Å². The second-order valence-corrected chi connectivity index (χ2v) is 8.09. The summed E-state index contributed by atoms with van der Waals surface area (Å²) in [5, 5.41) is 12.8. The normalized spacial score (nSPS) is 14.0. The van der Waals surface area contributed by atoms with Gasteiger partial charge in [0.05, 0.1) is 19.8 Å². The van der Waals surface area contributed by atoms with Crippen LogP contribution in [0.3, 0.4) is 0 Å². The molecule has 1 amide bonds. The van der Waals surface area contributed by atoms with Crippen molar-refractivity contribution in [2.75, 3.05) is 20.8 Å². The predicted molar refractivity (Wildman–Crippen MR) is 126 cm³/mol. The Balaban J connectivity index is 1.66. The number of hydroxylamine groups is 2. The molecular weight excluding hydrogens is 450 g/mol. The van der Waals surface area contributed by atoms with E-state index in [2.05, 4.69) is 0 Å². The van der Waals surface area contributed by atoms with E-state index >= 15 is 0 Å². The van der Waals surface area contributed by atoms with Crippen molar-refractivity contribution in [3.05, 3.63) is 95.1 Å². The number of benzene rings is 3. The third-order valence-electron chi connectivity index (χ3n) is 5.96. The fourth-order valence-electron chi connectivity index (χ4n) is 3.95. The molecule has 0 saturated carbocycles. The zero-order valence-electron chi connectivity index (χ0n) is 19.4. The molecule has 1 saturated heterocycles. The van der Waals surface area contributed by atoms with E-state index in [1.165, 1.54) is 12.1 Å². The highest BCUT2D eigenvalue weighted by molar-refractivity contribution is 5.95. The first-order chi connectivity index (χ1) is 16.8. The first-order valence-electron chi connectivity index (χ1n) is 11.0. The highest BCUT2D eigenvalue weighted by Crippen LogP contribution is 2.38. The molecule has 0 aromatic heterocycles. The van der Waals surface area contributed by atoms with Crippen molar-refractivity contribution in [1.29, 1.82) is 0 Å². The molecule has 35 heavy (non-hydrogen) atoms. The summed E-state index contributed by atoms with van der Waals surface area (Å²) in [5.41, 5.74) is 0.323. The van der Waals surface area contributed by atoms with E-state index in [1.54, 1.807) is 74.9 Å². The van der Waals surface area contributed by atoms with Crippen LogP contribution in [0.5, 0.6) is 11.5 Å². The molecule has 0 radical (unpaired) electrons. The Labute approximate surface area is 202 Å². The number of piperidine rings is 1. The third-order valence-corrected chi connectivity index (χ3v) is 5.96. The summed E-state index contributed by atoms with van der Waals surface area (Å²) in [6.45, 7) is -0.253. The van der Waals surface area contributed by atoms with Crippen molar-refractivity contribution in [2.24, 2.45) is 0 Å². The number of Topliss-reactive ketones (excluding diaryl/α,β-unsaturated/α-hetero) is 1. The lowest BCUT2D eigenvalue weighted by Crippen LogP contribution is -2.41. The molecular formula is C27H25NO7. The first kappa shape index (κ1) is 24.0. The highest BCUT2D eigenvalue weighted by Gasteiger charge is 2.34. The lowest BCUT2D eigenvalue weighted by molar-refractivity contribution is -0.174. The van der Waals surface area contributed by atoms with Crippen molar-refractivity contribution in [3.8, 4) is 11.5 Å². The van der Waals surface area contributed by atoms with Crippen LogP contribution in [0.25, 0.3) is 0 Å². The topological polar surface area (TPSA) is 102 Å². The van der Waals surface area contributed by atoms with Crippen LogP contribution in [0.4, 0.5) is 0 Å². The number of amides is 1. The van der Waals surface area contributed by atoms with Crippen molar-refractivity contribution < 1.29 is 33.8 Å². The second kappa shape index (κ2) is 9.99. The first-order valence-corrected chi connectivity index (χ1v) is 11.0. The zero-order chi connectivity index (χ0) is 25.0. The van der Waals surface area contributed by atoms with Gasteiger partial charge in [0.2, 0.25) is 0 Å². The Bertz CT molecular complexity index is 1170. The Morgan fingerprint density at radius 2 is 1.23 bits per heavy atom. The number of ketones is 1. The second-order valence-electron chi connectivity index (χ2n) is 8.09. The summed E-state index contributed by atoms with van der Waals surface area (Å²) in [4.78, 5) is 41.3. The summed E-state index contributed by atoms with van der Waals surface area (Å²) in [6.07, 6.45) is 0.165. The molecule has 1 N–H and O–H groups in total. The molecule has 8 heteroatoms. The minimum atomic E-state index is -1.55. The predicted octanol–water partition coefficient (Wildman–Crippen LogP) is 3.25. The summed E-state index contributed by atoms with van der Waals surface area (Å²) in [6, 6.07) is 20.3. The molecule has 1 aliphatic heterocycles. The summed E-state index contributed by atoms with van der Waals surface area (Å²) >= 11 is 0. The number of hydrogen-bond donors (Lipinski definition) is 1. The van der Waals surface area contributed by atoms with Crippen LogP contribution in [-0.2, 0) is 20.0 Å². The van der Waals surface area contributed by atoms with Gasteiger partial charge < -0.3 is 19.4 Å². The number of hydrogen-bond acceptors (Lipinski definition) is 7. The van der Waals surface area contributed by atoms with Crippen LogP contribution in [0.15, 0.2) is 72.8 Å². The van der Waals surface area contributed by atoms with Crippen LogP contribution in [-0.4, -0.2) is 48.6 Å². The van der Waals surface area contributed by atoms with Gasteiger partial charge in [0.25, 0.3) is 5.91 Å². The van der Waals surface area contributed by atoms with Gasteiger partial charge in [-0.1, -0.05) is 36.4 Å². The van der Waals surface area contributed by atoms with E-state index < -0.39 is 17.5 Å². The molecule has 0 atom stereocenters. The Kier molecular flexibility index (Phi) is 6.84. The molecule has 0 bridgehead atoms. The number of methoxy groups -OCH3 is 2. The molecule has 0 unspecified atom stereocenters. The van der Waals surface area contributed by atoms with Gasteiger partial charge in [-0.25, -0.2) is 4.79 Å². The van der Waals surface area contributed by atoms with Crippen molar-refractivity contribution >= 4 is 17.7 Å². The summed E-state index contributed by atoms with van der Waals surface area (Å²) < 4.78 is 10.5. The number of ether oxygens (including phenoxy) is 2. The van der Waals surface area contributed by atoms with Gasteiger partial charge in [-0.15, -0.1) is 0 Å². The summed E-state index contributed by atoms with van der Waals surface area (Å²) in [7, 11) is 3.13.